The zero-order valence-corrected chi connectivity index (χ0v) is 13.3. The van der Waals surface area contributed by atoms with Gasteiger partial charge in [-0.3, -0.25) is 4.79 Å². The van der Waals surface area contributed by atoms with Crippen molar-refractivity contribution in [1.82, 2.24) is 4.90 Å². The molecule has 1 aliphatic rings. The van der Waals surface area contributed by atoms with Gasteiger partial charge in [-0.15, -0.1) is 11.6 Å². The Morgan fingerprint density at radius 2 is 1.74 bits per heavy atom. The summed E-state index contributed by atoms with van der Waals surface area (Å²) < 4.78 is 0. The highest BCUT2D eigenvalue weighted by Crippen LogP contribution is 2.24. The first-order valence-corrected chi connectivity index (χ1v) is 8.68. The molecule has 3 heteroatoms. The Bertz CT molecular complexity index is 239. The van der Waals surface area contributed by atoms with Crippen molar-refractivity contribution >= 4 is 17.5 Å². The van der Waals surface area contributed by atoms with Gasteiger partial charge < -0.3 is 4.90 Å². The number of carbonyl (C=O) groups is 1. The van der Waals surface area contributed by atoms with Crippen LogP contribution < -0.4 is 0 Å². The van der Waals surface area contributed by atoms with E-state index in [1.165, 1.54) is 57.8 Å². The maximum atomic E-state index is 12.3. The predicted octanol–water partition coefficient (Wildman–Crippen LogP) is 4.75. The summed E-state index contributed by atoms with van der Waals surface area (Å²) in [5.41, 5.74) is 0. The Balaban J connectivity index is 2.20. The summed E-state index contributed by atoms with van der Waals surface area (Å²) in [6, 6.07) is 0.478. The Hall–Kier alpha value is -0.240. The number of hydrogen-bond acceptors (Lipinski definition) is 1. The summed E-state index contributed by atoms with van der Waals surface area (Å²) in [4.78, 5) is 14.3. The van der Waals surface area contributed by atoms with Gasteiger partial charge in [-0.1, -0.05) is 51.9 Å². The molecular formula is C16H30ClNO. The van der Waals surface area contributed by atoms with E-state index in [-0.39, 0.29) is 0 Å². The monoisotopic (exact) mass is 287 g/mol. The predicted molar refractivity (Wildman–Crippen MR) is 82.7 cm³/mol. The summed E-state index contributed by atoms with van der Waals surface area (Å²) >= 11 is 5.84. The van der Waals surface area contributed by atoms with Gasteiger partial charge in [-0.2, -0.15) is 0 Å². The Morgan fingerprint density at radius 3 is 2.37 bits per heavy atom. The number of halogens is 1. The van der Waals surface area contributed by atoms with E-state index < -0.39 is 0 Å². The van der Waals surface area contributed by atoms with Crippen LogP contribution in [-0.4, -0.2) is 29.3 Å². The Kier molecular flexibility index (Phi) is 9.32. The summed E-state index contributed by atoms with van der Waals surface area (Å²) in [5.74, 6) is 0.904. The van der Waals surface area contributed by atoms with E-state index in [2.05, 4.69) is 11.8 Å². The van der Waals surface area contributed by atoms with Crippen LogP contribution in [0.4, 0.5) is 0 Å². The number of hydrogen-bond donors (Lipinski definition) is 0. The van der Waals surface area contributed by atoms with Gasteiger partial charge in [0.15, 0.2) is 0 Å². The molecule has 0 aliphatic heterocycles. The average molecular weight is 288 g/mol. The van der Waals surface area contributed by atoms with Crippen molar-refractivity contribution in [3.05, 3.63) is 0 Å². The fourth-order valence-electron chi connectivity index (χ4n) is 3.02. The van der Waals surface area contributed by atoms with Gasteiger partial charge >= 0.3 is 0 Å². The van der Waals surface area contributed by atoms with Gasteiger partial charge in [0.05, 0.1) is 0 Å². The number of rotatable bonds is 10. The van der Waals surface area contributed by atoms with Crippen LogP contribution in [0.15, 0.2) is 0 Å². The molecule has 0 aromatic carbocycles. The fraction of sp³-hybridized carbons (Fsp3) is 0.938. The van der Waals surface area contributed by atoms with Crippen molar-refractivity contribution < 1.29 is 4.79 Å². The summed E-state index contributed by atoms with van der Waals surface area (Å²) in [5, 5.41) is 0. The van der Waals surface area contributed by atoms with Gasteiger partial charge in [-0.05, 0) is 19.3 Å². The quantitative estimate of drug-likeness (QED) is 0.419. The molecule has 1 saturated carbocycles. The van der Waals surface area contributed by atoms with Crippen LogP contribution in [0, 0.1) is 0 Å². The lowest BCUT2D eigenvalue weighted by atomic mass is 10.1. The number of amides is 1. The topological polar surface area (TPSA) is 20.3 Å². The van der Waals surface area contributed by atoms with Crippen LogP contribution in [0.3, 0.4) is 0 Å². The molecule has 19 heavy (non-hydrogen) atoms. The second-order valence-corrected chi connectivity index (χ2v) is 6.11. The van der Waals surface area contributed by atoms with E-state index in [9.17, 15) is 4.79 Å². The maximum Gasteiger partial charge on any atom is 0.222 e. The number of nitrogens with zero attached hydrogens (tertiary/aromatic N) is 1. The average Bonchev–Trinajstić information content (AvgIpc) is 2.93. The van der Waals surface area contributed by atoms with Crippen molar-refractivity contribution in [1.29, 1.82) is 0 Å². The molecule has 0 unspecified atom stereocenters. The van der Waals surface area contributed by atoms with E-state index in [0.717, 1.165) is 19.4 Å². The van der Waals surface area contributed by atoms with Gasteiger partial charge in [0.2, 0.25) is 5.91 Å². The van der Waals surface area contributed by atoms with Crippen molar-refractivity contribution in [3.63, 3.8) is 0 Å². The molecular weight excluding hydrogens is 258 g/mol. The molecule has 2 nitrogen and oxygen atoms in total. The van der Waals surface area contributed by atoms with Crippen LogP contribution in [0.1, 0.15) is 77.6 Å². The highest BCUT2D eigenvalue weighted by Gasteiger charge is 2.25. The number of alkyl halides is 1. The first-order valence-electron chi connectivity index (χ1n) is 8.15. The number of carbonyl (C=O) groups excluding carboxylic acids is 1. The van der Waals surface area contributed by atoms with Crippen molar-refractivity contribution in [2.24, 2.45) is 0 Å². The molecule has 0 heterocycles. The van der Waals surface area contributed by atoms with E-state index in [0.29, 0.717) is 17.8 Å². The third kappa shape index (κ3) is 6.65. The minimum absolute atomic E-state index is 0.336. The van der Waals surface area contributed by atoms with E-state index >= 15 is 0 Å². The van der Waals surface area contributed by atoms with E-state index in [1.54, 1.807) is 0 Å². The van der Waals surface area contributed by atoms with E-state index in [4.69, 9.17) is 11.6 Å². The summed E-state index contributed by atoms with van der Waals surface area (Å²) in [6.07, 6.45) is 13.1. The van der Waals surface area contributed by atoms with Crippen LogP contribution in [-0.2, 0) is 4.79 Å². The summed E-state index contributed by atoms with van der Waals surface area (Å²) in [7, 11) is 0. The van der Waals surface area contributed by atoms with Crippen molar-refractivity contribution in [3.8, 4) is 0 Å². The van der Waals surface area contributed by atoms with Crippen LogP contribution in [0.25, 0.3) is 0 Å². The molecule has 0 aromatic rings. The standard InChI is InChI=1S/C16H30ClNO/c1-2-3-4-5-6-7-12-16(19)18(14-13-17)15-10-8-9-11-15/h15H,2-14H2,1H3. The van der Waals surface area contributed by atoms with Gasteiger partial charge in [0, 0.05) is 24.9 Å². The van der Waals surface area contributed by atoms with Gasteiger partial charge in [0.1, 0.15) is 0 Å². The highest BCUT2D eigenvalue weighted by atomic mass is 35.5. The molecule has 0 radical (unpaired) electrons. The fourth-order valence-corrected chi connectivity index (χ4v) is 3.20. The smallest absolute Gasteiger partial charge is 0.222 e. The first-order chi connectivity index (χ1) is 9.29. The van der Waals surface area contributed by atoms with Gasteiger partial charge in [0.25, 0.3) is 0 Å². The van der Waals surface area contributed by atoms with Crippen LogP contribution in [0.2, 0.25) is 0 Å². The minimum Gasteiger partial charge on any atom is -0.339 e. The van der Waals surface area contributed by atoms with Crippen LogP contribution >= 0.6 is 11.6 Å². The zero-order chi connectivity index (χ0) is 13.9. The van der Waals surface area contributed by atoms with Gasteiger partial charge in [-0.25, -0.2) is 0 Å². The van der Waals surface area contributed by atoms with E-state index in [1.807, 2.05) is 0 Å². The molecule has 1 rings (SSSR count). The molecule has 1 aliphatic carbocycles. The number of unbranched alkanes of at least 4 members (excludes halogenated alkanes) is 5. The second-order valence-electron chi connectivity index (χ2n) is 5.73. The molecule has 0 aromatic heterocycles. The third-order valence-electron chi connectivity index (χ3n) is 4.16. The lowest BCUT2D eigenvalue weighted by Crippen LogP contribution is -2.40. The second kappa shape index (κ2) is 10.5. The Labute approximate surface area is 123 Å². The zero-order valence-electron chi connectivity index (χ0n) is 12.5. The normalized spacial score (nSPS) is 15.9. The van der Waals surface area contributed by atoms with Crippen molar-refractivity contribution in [2.75, 3.05) is 12.4 Å². The Morgan fingerprint density at radius 1 is 1.11 bits per heavy atom. The highest BCUT2D eigenvalue weighted by molar-refractivity contribution is 6.18. The largest absolute Gasteiger partial charge is 0.339 e. The lowest BCUT2D eigenvalue weighted by Gasteiger charge is -2.28. The van der Waals surface area contributed by atoms with Crippen molar-refractivity contribution in [2.45, 2.75) is 83.6 Å². The molecule has 0 spiro atoms. The lowest BCUT2D eigenvalue weighted by molar-refractivity contribution is -0.133. The molecule has 0 bridgehead atoms. The molecule has 0 atom stereocenters. The molecule has 112 valence electrons. The molecule has 0 N–H and O–H groups in total. The molecule has 1 fully saturated rings. The molecule has 0 saturated heterocycles. The summed E-state index contributed by atoms with van der Waals surface area (Å²) in [6.45, 7) is 2.97. The SMILES string of the molecule is CCCCCCCCC(=O)N(CCCl)C1CCCC1. The maximum absolute atomic E-state index is 12.3. The first kappa shape index (κ1) is 16.8. The molecule has 1 amide bonds. The van der Waals surface area contributed by atoms with Crippen LogP contribution in [0.5, 0.6) is 0 Å². The minimum atomic E-state index is 0.336. The third-order valence-corrected chi connectivity index (χ3v) is 4.32.